The number of benzene rings is 2. The van der Waals surface area contributed by atoms with Crippen LogP contribution in [0.15, 0.2) is 39.3 Å². The van der Waals surface area contributed by atoms with E-state index in [-0.39, 0.29) is 18.3 Å². The van der Waals surface area contributed by atoms with Crippen molar-refractivity contribution in [3.8, 4) is 11.5 Å². The van der Waals surface area contributed by atoms with Crippen molar-refractivity contribution in [1.82, 2.24) is 5.32 Å². The number of nitrogens with one attached hydrogen (secondary N) is 1. The lowest BCUT2D eigenvalue weighted by Crippen LogP contribution is -2.32. The molecule has 0 unspecified atom stereocenters. The monoisotopic (exact) mass is 519 g/mol. The number of aromatic hydroxyl groups is 1. The van der Waals surface area contributed by atoms with E-state index < -0.39 is 18.9 Å². The molecule has 0 radical (unpaired) electrons. The summed E-state index contributed by atoms with van der Waals surface area (Å²) in [5, 5.41) is 12.1. The fourth-order valence-corrected chi connectivity index (χ4v) is 4.03. The smallest absolute Gasteiger partial charge is 0.258 e. The molecule has 28 heavy (non-hydrogen) atoms. The minimum Gasteiger partial charge on any atom is -0.508 e. The Balaban J connectivity index is 2.10. The number of carbonyl (C=O) groups is 1. The van der Waals surface area contributed by atoms with Crippen molar-refractivity contribution in [3.63, 3.8) is 0 Å². The lowest BCUT2D eigenvalue weighted by atomic mass is 9.96. The summed E-state index contributed by atoms with van der Waals surface area (Å²) in [5.41, 5.74) is 2.91. The summed E-state index contributed by atoms with van der Waals surface area (Å²) >= 11 is 7.03. The molecule has 152 valence electrons. The average molecular weight is 521 g/mol. The highest BCUT2D eigenvalue weighted by Gasteiger charge is 2.13. The fourth-order valence-electron chi connectivity index (χ4n) is 2.60. The summed E-state index contributed by atoms with van der Waals surface area (Å²) in [7, 11) is 0. The lowest BCUT2D eigenvalue weighted by Gasteiger charge is -2.14. The summed E-state index contributed by atoms with van der Waals surface area (Å²) in [5.74, 6) is 0.315. The van der Waals surface area contributed by atoms with Gasteiger partial charge in [-0.25, -0.2) is 8.78 Å². The molecule has 0 aliphatic heterocycles. The molecule has 2 aromatic carbocycles. The topological polar surface area (TPSA) is 58.6 Å². The summed E-state index contributed by atoms with van der Waals surface area (Å²) in [6, 6.07) is 9.00. The normalized spacial score (nSPS) is 11.1. The first-order valence-electron chi connectivity index (χ1n) is 8.64. The molecule has 0 fully saturated rings. The number of ether oxygens (including phenoxy) is 1. The third-order valence-electron chi connectivity index (χ3n) is 4.03. The maximum absolute atomic E-state index is 12.1. The number of hydrogen-bond donors (Lipinski definition) is 2. The highest BCUT2D eigenvalue weighted by atomic mass is 79.9. The Bertz CT molecular complexity index is 821. The van der Waals surface area contributed by atoms with Gasteiger partial charge in [-0.05, 0) is 47.2 Å². The summed E-state index contributed by atoms with van der Waals surface area (Å²) in [4.78, 5) is 11.5. The first-order valence-corrected chi connectivity index (χ1v) is 10.2. The van der Waals surface area contributed by atoms with E-state index in [1.807, 2.05) is 26.0 Å². The second kappa shape index (κ2) is 10.2. The molecule has 0 saturated heterocycles. The third-order valence-corrected chi connectivity index (χ3v) is 5.45. The van der Waals surface area contributed by atoms with E-state index in [1.165, 1.54) is 0 Å². The second-order valence-corrected chi connectivity index (χ2v) is 8.28. The number of phenols is 1. The molecule has 0 saturated carbocycles. The van der Waals surface area contributed by atoms with Crippen molar-refractivity contribution in [2.75, 3.05) is 13.2 Å². The maximum Gasteiger partial charge on any atom is 0.258 e. The Morgan fingerprint density at radius 1 is 1.18 bits per heavy atom. The van der Waals surface area contributed by atoms with Gasteiger partial charge in [-0.1, -0.05) is 57.8 Å². The molecule has 0 aliphatic rings. The van der Waals surface area contributed by atoms with Gasteiger partial charge in [0, 0.05) is 8.95 Å². The molecule has 4 nitrogen and oxygen atoms in total. The minimum atomic E-state index is -2.59. The Hall–Kier alpha value is -1.67. The molecule has 1 amide bonds. The van der Waals surface area contributed by atoms with Crippen LogP contribution in [0.25, 0.3) is 0 Å². The number of amides is 1. The van der Waals surface area contributed by atoms with Crippen LogP contribution >= 0.6 is 31.9 Å². The first kappa shape index (κ1) is 22.6. The number of phenolic OH excluding ortho intramolecular Hbond substituents is 1. The summed E-state index contributed by atoms with van der Waals surface area (Å²) in [6.07, 6.45) is -1.97. The van der Waals surface area contributed by atoms with Crippen LogP contribution in [0.3, 0.4) is 0 Å². The van der Waals surface area contributed by atoms with E-state index in [1.54, 1.807) is 18.2 Å². The van der Waals surface area contributed by atoms with Crippen LogP contribution in [0.4, 0.5) is 8.78 Å². The van der Waals surface area contributed by atoms with Crippen molar-refractivity contribution in [2.24, 2.45) is 0 Å². The van der Waals surface area contributed by atoms with Gasteiger partial charge >= 0.3 is 0 Å². The molecule has 2 rings (SSSR count). The molecular formula is C20H21Br2F2NO3. The quantitative estimate of drug-likeness (QED) is 0.490. The molecule has 2 N–H and O–H groups in total. The Morgan fingerprint density at radius 3 is 2.39 bits per heavy atom. The Labute approximate surface area is 179 Å². The zero-order valence-corrected chi connectivity index (χ0v) is 18.6. The van der Waals surface area contributed by atoms with Gasteiger partial charge in [-0.15, -0.1) is 0 Å². The van der Waals surface area contributed by atoms with Crippen LogP contribution in [-0.4, -0.2) is 30.6 Å². The minimum absolute atomic E-state index is 0.207. The average Bonchev–Trinajstić information content (AvgIpc) is 2.62. The van der Waals surface area contributed by atoms with E-state index in [2.05, 4.69) is 37.2 Å². The van der Waals surface area contributed by atoms with E-state index in [0.717, 1.165) is 25.6 Å². The van der Waals surface area contributed by atoms with Crippen LogP contribution in [-0.2, 0) is 11.2 Å². The third kappa shape index (κ3) is 6.44. The van der Waals surface area contributed by atoms with Gasteiger partial charge < -0.3 is 15.2 Å². The molecule has 0 aliphatic carbocycles. The van der Waals surface area contributed by atoms with Crippen LogP contribution in [0.2, 0.25) is 0 Å². The van der Waals surface area contributed by atoms with Crippen molar-refractivity contribution in [2.45, 2.75) is 32.6 Å². The first-order chi connectivity index (χ1) is 13.2. The predicted octanol–water partition coefficient (Wildman–Crippen LogP) is 5.39. The SMILES string of the molecule is CC(C)c1cc(Cc2c(Br)cc(OCC(=O)NCC(F)F)cc2Br)ccc1O. The van der Waals surface area contributed by atoms with Crippen molar-refractivity contribution < 1.29 is 23.4 Å². The number of halogens is 4. The number of alkyl halides is 2. The zero-order chi connectivity index (χ0) is 20.8. The van der Waals surface area contributed by atoms with Crippen LogP contribution in [0.1, 0.15) is 36.5 Å². The number of hydrogen-bond acceptors (Lipinski definition) is 3. The van der Waals surface area contributed by atoms with Gasteiger partial charge in [0.2, 0.25) is 0 Å². The van der Waals surface area contributed by atoms with Crippen molar-refractivity contribution in [1.29, 1.82) is 0 Å². The molecule has 0 atom stereocenters. The zero-order valence-electron chi connectivity index (χ0n) is 15.4. The van der Waals surface area contributed by atoms with Gasteiger partial charge in [0.1, 0.15) is 11.5 Å². The van der Waals surface area contributed by atoms with Crippen LogP contribution in [0, 0.1) is 0 Å². The highest BCUT2D eigenvalue weighted by Crippen LogP contribution is 2.34. The molecule has 0 spiro atoms. The highest BCUT2D eigenvalue weighted by molar-refractivity contribution is 9.11. The van der Waals surface area contributed by atoms with Gasteiger partial charge in [-0.3, -0.25) is 4.79 Å². The van der Waals surface area contributed by atoms with Crippen LogP contribution in [0.5, 0.6) is 11.5 Å². The van der Waals surface area contributed by atoms with E-state index >= 15 is 0 Å². The summed E-state index contributed by atoms with van der Waals surface area (Å²) in [6.45, 7) is 3.00. The molecule has 0 heterocycles. The maximum atomic E-state index is 12.1. The summed E-state index contributed by atoms with van der Waals surface area (Å²) < 4.78 is 31.1. The van der Waals surface area contributed by atoms with Gasteiger partial charge in [0.15, 0.2) is 6.61 Å². The van der Waals surface area contributed by atoms with Gasteiger partial charge in [-0.2, -0.15) is 0 Å². The molecule has 0 aromatic heterocycles. The predicted molar refractivity (Wildman–Crippen MR) is 111 cm³/mol. The fraction of sp³-hybridized carbons (Fsp3) is 0.350. The molecular weight excluding hydrogens is 500 g/mol. The standard InChI is InChI=1S/C20H21Br2F2NO3/c1-11(2)14-5-12(3-4-18(14)26)6-15-16(21)7-13(8-17(15)22)28-10-20(27)25-9-19(23)24/h3-5,7-8,11,19,26H,6,9-10H2,1-2H3,(H,25,27). The molecule has 0 bridgehead atoms. The molecule has 2 aromatic rings. The number of carbonyl (C=O) groups excluding carboxylic acids is 1. The Kier molecular flexibility index (Phi) is 8.24. The largest absolute Gasteiger partial charge is 0.508 e. The van der Waals surface area contributed by atoms with Crippen LogP contribution < -0.4 is 10.1 Å². The van der Waals surface area contributed by atoms with E-state index in [9.17, 15) is 18.7 Å². The van der Waals surface area contributed by atoms with Crippen molar-refractivity contribution in [3.05, 3.63) is 56.0 Å². The number of rotatable bonds is 8. The molecule has 8 heteroatoms. The lowest BCUT2D eigenvalue weighted by molar-refractivity contribution is -0.123. The van der Waals surface area contributed by atoms with Crippen molar-refractivity contribution >= 4 is 37.8 Å². The second-order valence-electron chi connectivity index (χ2n) is 6.57. The van der Waals surface area contributed by atoms with Gasteiger partial charge in [0.25, 0.3) is 12.3 Å². The van der Waals surface area contributed by atoms with Gasteiger partial charge in [0.05, 0.1) is 6.54 Å². The van der Waals surface area contributed by atoms with E-state index in [0.29, 0.717) is 12.2 Å². The van der Waals surface area contributed by atoms with E-state index in [4.69, 9.17) is 4.74 Å². The Morgan fingerprint density at radius 2 is 1.82 bits per heavy atom.